The summed E-state index contributed by atoms with van der Waals surface area (Å²) in [4.78, 5) is 21.9. The normalized spacial score (nSPS) is 11.1. The van der Waals surface area contributed by atoms with Gasteiger partial charge in [0.1, 0.15) is 0 Å². The van der Waals surface area contributed by atoms with Crippen LogP contribution in [0.25, 0.3) is 16.3 Å². The van der Waals surface area contributed by atoms with E-state index in [1.165, 1.54) is 11.3 Å². The molecule has 0 spiro atoms. The fourth-order valence-electron chi connectivity index (χ4n) is 3.50. The number of halogens is 2. The summed E-state index contributed by atoms with van der Waals surface area (Å²) in [5, 5.41) is 1.32. The number of rotatable bonds is 10. The highest BCUT2D eigenvalue weighted by molar-refractivity contribution is 7.22. The maximum Gasteiger partial charge on any atom is 0.252 e. The zero-order valence-electron chi connectivity index (χ0n) is 20.8. The molecule has 2 aromatic carbocycles. The van der Waals surface area contributed by atoms with E-state index in [0.717, 1.165) is 34.3 Å². The first kappa shape index (κ1) is 28.7. The van der Waals surface area contributed by atoms with Gasteiger partial charge in [0.25, 0.3) is 5.91 Å². The van der Waals surface area contributed by atoms with Crippen LogP contribution in [0, 0.1) is 6.92 Å². The van der Waals surface area contributed by atoms with Gasteiger partial charge in [-0.1, -0.05) is 22.9 Å². The fraction of sp³-hybridized carbons (Fsp3) is 0.360. The highest BCUT2D eigenvalue weighted by atomic mass is 35.5. The number of aromatic nitrogens is 1. The van der Waals surface area contributed by atoms with Crippen LogP contribution in [0.2, 0.25) is 5.02 Å². The number of nitrogens with zero attached hydrogens (tertiary/aromatic N) is 3. The monoisotopic (exact) mass is 539 g/mol. The molecule has 10 heteroatoms. The minimum absolute atomic E-state index is 0. The van der Waals surface area contributed by atoms with Gasteiger partial charge in [0, 0.05) is 17.6 Å². The molecule has 0 bridgehead atoms. The molecule has 0 radical (unpaired) electrons. The first-order valence-corrected chi connectivity index (χ1v) is 12.0. The third kappa shape index (κ3) is 6.79. The van der Waals surface area contributed by atoms with Crippen LogP contribution in [0.3, 0.4) is 0 Å². The molecule has 0 N–H and O–H groups in total. The molecule has 0 fully saturated rings. The van der Waals surface area contributed by atoms with E-state index in [1.807, 2.05) is 33.2 Å². The first-order valence-electron chi connectivity index (χ1n) is 10.8. The maximum atomic E-state index is 13.3. The van der Waals surface area contributed by atoms with Gasteiger partial charge in [-0.25, -0.2) is 4.98 Å². The quantitative estimate of drug-likeness (QED) is 0.308. The van der Waals surface area contributed by atoms with Crippen molar-refractivity contribution in [2.75, 3.05) is 53.4 Å². The Bertz CT molecular complexity index is 1170. The van der Waals surface area contributed by atoms with Crippen molar-refractivity contribution in [1.82, 2.24) is 9.88 Å². The van der Waals surface area contributed by atoms with Crippen LogP contribution in [-0.4, -0.2) is 64.3 Å². The Morgan fingerprint density at radius 1 is 1.09 bits per heavy atom. The SMILES string of the molecule is COc1cc(C=CC(=O)N(CCCN(C)C)c2nc3c(C)c(Cl)ccc3s2)cc(OC)c1OC.Cl. The van der Waals surface area contributed by atoms with E-state index in [-0.39, 0.29) is 18.3 Å². The summed E-state index contributed by atoms with van der Waals surface area (Å²) in [7, 11) is 8.70. The number of anilines is 1. The van der Waals surface area contributed by atoms with Crippen molar-refractivity contribution in [2.45, 2.75) is 13.3 Å². The van der Waals surface area contributed by atoms with Crippen LogP contribution in [0.1, 0.15) is 17.5 Å². The third-order valence-corrected chi connectivity index (χ3v) is 6.78. The predicted molar refractivity (Wildman–Crippen MR) is 147 cm³/mol. The van der Waals surface area contributed by atoms with Gasteiger partial charge in [-0.05, 0) is 75.5 Å². The molecule has 0 saturated heterocycles. The molecule has 35 heavy (non-hydrogen) atoms. The number of methoxy groups -OCH3 is 3. The lowest BCUT2D eigenvalue weighted by Gasteiger charge is -2.19. The van der Waals surface area contributed by atoms with Gasteiger partial charge in [-0.2, -0.15) is 0 Å². The summed E-state index contributed by atoms with van der Waals surface area (Å²) in [5.74, 6) is 1.39. The number of fused-ring (bicyclic) bond motifs is 1. The third-order valence-electron chi connectivity index (χ3n) is 5.33. The lowest BCUT2D eigenvalue weighted by atomic mass is 10.1. The molecular weight excluding hydrogens is 509 g/mol. The van der Waals surface area contributed by atoms with Crippen LogP contribution in [0.5, 0.6) is 17.2 Å². The highest BCUT2D eigenvalue weighted by Crippen LogP contribution is 2.38. The summed E-state index contributed by atoms with van der Waals surface area (Å²) in [6.07, 6.45) is 4.09. The maximum absolute atomic E-state index is 13.3. The van der Waals surface area contributed by atoms with E-state index >= 15 is 0 Å². The smallest absolute Gasteiger partial charge is 0.252 e. The lowest BCUT2D eigenvalue weighted by molar-refractivity contribution is -0.114. The molecule has 1 aromatic heterocycles. The van der Waals surface area contributed by atoms with Crippen molar-refractivity contribution >= 4 is 62.7 Å². The number of amides is 1. The van der Waals surface area contributed by atoms with Gasteiger partial charge in [0.05, 0.1) is 31.5 Å². The molecule has 1 amide bonds. The van der Waals surface area contributed by atoms with Crippen molar-refractivity contribution in [3.05, 3.63) is 46.5 Å². The van der Waals surface area contributed by atoms with Crippen LogP contribution in [0.4, 0.5) is 5.13 Å². The molecule has 0 aliphatic rings. The van der Waals surface area contributed by atoms with E-state index in [1.54, 1.807) is 50.5 Å². The van der Waals surface area contributed by atoms with Crippen LogP contribution < -0.4 is 19.1 Å². The molecule has 0 atom stereocenters. The minimum atomic E-state index is -0.157. The van der Waals surface area contributed by atoms with Crippen LogP contribution >= 0.6 is 35.3 Å². The molecule has 0 aliphatic heterocycles. The molecule has 7 nitrogen and oxygen atoms in total. The first-order chi connectivity index (χ1) is 16.3. The highest BCUT2D eigenvalue weighted by Gasteiger charge is 2.19. The molecule has 0 aliphatic carbocycles. The van der Waals surface area contributed by atoms with Crippen molar-refractivity contribution < 1.29 is 19.0 Å². The van der Waals surface area contributed by atoms with Crippen molar-refractivity contribution in [3.63, 3.8) is 0 Å². The average Bonchev–Trinajstić information content (AvgIpc) is 3.26. The topological polar surface area (TPSA) is 64.1 Å². The summed E-state index contributed by atoms with van der Waals surface area (Å²) >= 11 is 7.77. The van der Waals surface area contributed by atoms with Gasteiger partial charge in [-0.15, -0.1) is 12.4 Å². The van der Waals surface area contributed by atoms with E-state index in [2.05, 4.69) is 4.90 Å². The van der Waals surface area contributed by atoms with E-state index in [0.29, 0.717) is 33.9 Å². The minimum Gasteiger partial charge on any atom is -0.493 e. The van der Waals surface area contributed by atoms with Gasteiger partial charge in [0.2, 0.25) is 5.75 Å². The second-order valence-corrected chi connectivity index (χ2v) is 9.37. The fourth-order valence-corrected chi connectivity index (χ4v) is 4.71. The van der Waals surface area contributed by atoms with Crippen LogP contribution in [0.15, 0.2) is 30.3 Å². The van der Waals surface area contributed by atoms with Gasteiger partial charge >= 0.3 is 0 Å². The summed E-state index contributed by atoms with van der Waals surface area (Å²) in [6.45, 7) is 3.34. The molecule has 0 saturated carbocycles. The summed E-state index contributed by atoms with van der Waals surface area (Å²) in [5.41, 5.74) is 2.49. The molecule has 3 aromatic rings. The number of benzene rings is 2. The van der Waals surface area contributed by atoms with Gasteiger partial charge in [-0.3, -0.25) is 9.69 Å². The number of hydrogen-bond acceptors (Lipinski definition) is 7. The zero-order valence-corrected chi connectivity index (χ0v) is 23.1. The second-order valence-electron chi connectivity index (χ2n) is 7.95. The molecule has 190 valence electrons. The Balaban J connectivity index is 0.00000432. The Kier molecular flexibility index (Phi) is 10.6. The standard InChI is InChI=1S/C25H30ClN3O4S.ClH/c1-16-18(26)9-10-21-23(16)27-25(34-21)29(13-7-12-28(2)3)22(30)11-8-17-14-19(31-4)24(33-6)20(15-17)32-5;/h8-11,14-15H,7,12-13H2,1-6H3;1H. The molecule has 1 heterocycles. The molecule has 3 rings (SSSR count). The number of carbonyl (C=O) groups is 1. The Hall–Kier alpha value is -2.52. The number of hydrogen-bond donors (Lipinski definition) is 0. The molecule has 0 unspecified atom stereocenters. The van der Waals surface area contributed by atoms with Crippen molar-refractivity contribution in [1.29, 1.82) is 0 Å². The predicted octanol–water partition coefficient (Wildman–Crippen LogP) is 5.70. The Morgan fingerprint density at radius 2 is 1.74 bits per heavy atom. The number of ether oxygens (including phenoxy) is 3. The number of thiazole rings is 1. The Morgan fingerprint density at radius 3 is 2.31 bits per heavy atom. The second kappa shape index (κ2) is 13.0. The molecular formula is C25H31Cl2N3O4S. The lowest BCUT2D eigenvalue weighted by Crippen LogP contribution is -2.32. The summed E-state index contributed by atoms with van der Waals surface area (Å²) in [6, 6.07) is 7.40. The zero-order chi connectivity index (χ0) is 24.8. The Labute approximate surface area is 221 Å². The average molecular weight is 541 g/mol. The van der Waals surface area contributed by atoms with Crippen molar-refractivity contribution in [2.24, 2.45) is 0 Å². The van der Waals surface area contributed by atoms with Crippen LogP contribution in [-0.2, 0) is 4.79 Å². The van der Waals surface area contributed by atoms with E-state index < -0.39 is 0 Å². The van der Waals surface area contributed by atoms with E-state index in [4.69, 9.17) is 30.8 Å². The summed E-state index contributed by atoms with van der Waals surface area (Å²) < 4.78 is 17.2. The van der Waals surface area contributed by atoms with Gasteiger partial charge < -0.3 is 19.1 Å². The van der Waals surface area contributed by atoms with Crippen molar-refractivity contribution in [3.8, 4) is 17.2 Å². The van der Waals surface area contributed by atoms with E-state index in [9.17, 15) is 4.79 Å². The number of carbonyl (C=O) groups excluding carboxylic acids is 1. The largest absolute Gasteiger partial charge is 0.493 e. The van der Waals surface area contributed by atoms with Gasteiger partial charge in [0.15, 0.2) is 16.6 Å². The number of aryl methyl sites for hydroxylation is 1.